The van der Waals surface area contributed by atoms with Crippen molar-refractivity contribution in [2.75, 3.05) is 0 Å². The Morgan fingerprint density at radius 2 is 2.00 bits per heavy atom. The zero-order chi connectivity index (χ0) is 17.0. The quantitative estimate of drug-likeness (QED) is 0.879. The van der Waals surface area contributed by atoms with Gasteiger partial charge in [-0.1, -0.05) is 0 Å². The van der Waals surface area contributed by atoms with E-state index >= 15 is 0 Å². The van der Waals surface area contributed by atoms with Crippen LogP contribution >= 0.6 is 0 Å². The van der Waals surface area contributed by atoms with E-state index in [0.29, 0.717) is 12.0 Å². The van der Waals surface area contributed by atoms with Crippen molar-refractivity contribution < 1.29 is 4.79 Å². The average Bonchev–Trinajstić information content (AvgIpc) is 3.48. The van der Waals surface area contributed by atoms with Gasteiger partial charge in [0.1, 0.15) is 11.5 Å². The molecule has 3 fully saturated rings. The van der Waals surface area contributed by atoms with Crippen molar-refractivity contribution in [2.24, 2.45) is 0 Å². The second kappa shape index (κ2) is 5.58. The molecule has 6 heteroatoms. The number of nitrogens with one attached hydrogen (secondary N) is 2. The fourth-order valence-electron chi connectivity index (χ4n) is 3.75. The smallest absolute Gasteiger partial charge is 0.268 e. The van der Waals surface area contributed by atoms with E-state index in [0.717, 1.165) is 55.7 Å². The van der Waals surface area contributed by atoms with Crippen LogP contribution in [0.1, 0.15) is 78.4 Å². The molecule has 3 saturated carbocycles. The van der Waals surface area contributed by atoms with Crippen molar-refractivity contribution in [1.29, 1.82) is 0 Å². The number of amides is 1. The molecule has 2 heterocycles. The second-order valence-corrected chi connectivity index (χ2v) is 7.70. The Labute approximate surface area is 145 Å². The number of aromatic nitrogens is 3. The standard InChI is InChI=1S/C19H22N4O2/c24-17-10-15(21-18(22-17)11-3-4-11)12-8-13(9-12)20-19(25)16-2-1-7-23(16)14-5-6-14/h1-2,7,10-14H,3-6,8-9H2,(H,20,25)(H,21,22,24). The fourth-order valence-corrected chi connectivity index (χ4v) is 3.75. The van der Waals surface area contributed by atoms with Crippen LogP contribution in [0, 0.1) is 0 Å². The van der Waals surface area contributed by atoms with Crippen LogP contribution in [0.4, 0.5) is 0 Å². The first-order chi connectivity index (χ1) is 12.2. The predicted octanol–water partition coefficient (Wildman–Crippen LogP) is 2.46. The lowest BCUT2D eigenvalue weighted by atomic mass is 9.78. The molecule has 0 unspecified atom stereocenters. The number of carbonyl (C=O) groups excluding carboxylic acids is 1. The highest BCUT2D eigenvalue weighted by atomic mass is 16.2. The zero-order valence-electron chi connectivity index (χ0n) is 14.1. The van der Waals surface area contributed by atoms with E-state index in [9.17, 15) is 9.59 Å². The lowest BCUT2D eigenvalue weighted by Crippen LogP contribution is -2.44. The van der Waals surface area contributed by atoms with Crippen molar-refractivity contribution in [1.82, 2.24) is 19.9 Å². The van der Waals surface area contributed by atoms with Gasteiger partial charge in [-0.05, 0) is 50.7 Å². The molecule has 0 aliphatic heterocycles. The molecule has 3 aliphatic carbocycles. The molecule has 2 N–H and O–H groups in total. The molecule has 3 aliphatic rings. The average molecular weight is 338 g/mol. The van der Waals surface area contributed by atoms with Gasteiger partial charge in [0.05, 0.1) is 5.69 Å². The Morgan fingerprint density at radius 3 is 2.72 bits per heavy atom. The minimum Gasteiger partial charge on any atom is -0.348 e. The maximum Gasteiger partial charge on any atom is 0.268 e. The summed E-state index contributed by atoms with van der Waals surface area (Å²) in [6, 6.07) is 6.13. The zero-order valence-corrected chi connectivity index (χ0v) is 14.1. The summed E-state index contributed by atoms with van der Waals surface area (Å²) in [7, 11) is 0. The second-order valence-electron chi connectivity index (χ2n) is 7.70. The van der Waals surface area contributed by atoms with Crippen molar-refractivity contribution >= 4 is 5.91 Å². The molecular formula is C19H22N4O2. The molecule has 0 aromatic carbocycles. The van der Waals surface area contributed by atoms with Crippen LogP contribution in [0.25, 0.3) is 0 Å². The van der Waals surface area contributed by atoms with Crippen LogP contribution in [0.5, 0.6) is 0 Å². The molecule has 0 atom stereocenters. The van der Waals surface area contributed by atoms with Gasteiger partial charge in [0.15, 0.2) is 0 Å². The third-order valence-corrected chi connectivity index (χ3v) is 5.59. The number of nitrogens with zero attached hydrogens (tertiary/aromatic N) is 2. The molecule has 0 radical (unpaired) electrons. The number of rotatable bonds is 5. The van der Waals surface area contributed by atoms with Gasteiger partial charge < -0.3 is 14.9 Å². The Hall–Kier alpha value is -2.37. The largest absolute Gasteiger partial charge is 0.348 e. The summed E-state index contributed by atoms with van der Waals surface area (Å²) in [6.07, 6.45) is 8.28. The highest BCUT2D eigenvalue weighted by Gasteiger charge is 2.35. The third kappa shape index (κ3) is 2.90. The summed E-state index contributed by atoms with van der Waals surface area (Å²) in [4.78, 5) is 31.9. The van der Waals surface area contributed by atoms with Crippen LogP contribution in [0.2, 0.25) is 0 Å². The summed E-state index contributed by atoms with van der Waals surface area (Å²) >= 11 is 0. The molecule has 130 valence electrons. The number of hydrogen-bond donors (Lipinski definition) is 2. The first-order valence-electron chi connectivity index (χ1n) is 9.26. The molecule has 2 aromatic rings. The molecule has 6 nitrogen and oxygen atoms in total. The van der Waals surface area contributed by atoms with E-state index in [2.05, 4.69) is 19.9 Å². The summed E-state index contributed by atoms with van der Waals surface area (Å²) in [5, 5.41) is 3.13. The van der Waals surface area contributed by atoms with Gasteiger partial charge in [0.2, 0.25) is 0 Å². The van der Waals surface area contributed by atoms with Gasteiger partial charge >= 0.3 is 0 Å². The summed E-state index contributed by atoms with van der Waals surface area (Å²) in [5.41, 5.74) is 1.59. The lowest BCUT2D eigenvalue weighted by Gasteiger charge is -2.35. The summed E-state index contributed by atoms with van der Waals surface area (Å²) in [5.74, 6) is 1.58. The molecular weight excluding hydrogens is 316 g/mol. The monoisotopic (exact) mass is 338 g/mol. The molecule has 1 amide bonds. The predicted molar refractivity (Wildman–Crippen MR) is 92.8 cm³/mol. The van der Waals surface area contributed by atoms with Crippen molar-refractivity contribution in [2.45, 2.75) is 62.4 Å². The van der Waals surface area contributed by atoms with E-state index in [1.54, 1.807) is 6.07 Å². The van der Waals surface area contributed by atoms with Crippen molar-refractivity contribution in [3.8, 4) is 0 Å². The van der Waals surface area contributed by atoms with E-state index < -0.39 is 0 Å². The number of carbonyl (C=O) groups is 1. The van der Waals surface area contributed by atoms with E-state index in [-0.39, 0.29) is 23.4 Å². The number of H-pyrrole nitrogens is 1. The van der Waals surface area contributed by atoms with Gasteiger partial charge in [-0.2, -0.15) is 0 Å². The van der Waals surface area contributed by atoms with E-state index in [1.165, 1.54) is 0 Å². The number of hydrogen-bond acceptors (Lipinski definition) is 3. The van der Waals surface area contributed by atoms with Gasteiger partial charge in [-0.25, -0.2) is 4.98 Å². The molecule has 0 saturated heterocycles. The Bertz CT molecular complexity index is 870. The van der Waals surface area contributed by atoms with E-state index in [4.69, 9.17) is 0 Å². The van der Waals surface area contributed by atoms with Gasteiger partial charge in [-0.3, -0.25) is 9.59 Å². The van der Waals surface area contributed by atoms with Crippen molar-refractivity contribution in [3.05, 3.63) is 52.0 Å². The van der Waals surface area contributed by atoms with Crippen LogP contribution in [-0.4, -0.2) is 26.5 Å². The third-order valence-electron chi connectivity index (χ3n) is 5.59. The first kappa shape index (κ1) is 14.9. The lowest BCUT2D eigenvalue weighted by molar-refractivity contribution is 0.0898. The molecule has 2 aromatic heterocycles. The Morgan fingerprint density at radius 1 is 1.20 bits per heavy atom. The van der Waals surface area contributed by atoms with E-state index in [1.807, 2.05) is 18.3 Å². The molecule has 25 heavy (non-hydrogen) atoms. The van der Waals surface area contributed by atoms with Crippen molar-refractivity contribution in [3.63, 3.8) is 0 Å². The van der Waals surface area contributed by atoms with Crippen LogP contribution in [0.15, 0.2) is 29.2 Å². The summed E-state index contributed by atoms with van der Waals surface area (Å²) in [6.45, 7) is 0. The fraction of sp³-hybridized carbons (Fsp3) is 0.526. The van der Waals surface area contributed by atoms with Crippen LogP contribution in [0.3, 0.4) is 0 Å². The SMILES string of the molecule is O=C(NC1CC(c2cc(=O)[nH]c(C3CC3)n2)C1)c1cccn1C1CC1. The normalized spacial score (nSPS) is 25.4. The molecule has 0 bridgehead atoms. The highest BCUT2D eigenvalue weighted by molar-refractivity contribution is 5.93. The minimum atomic E-state index is -0.0540. The minimum absolute atomic E-state index is 0.0119. The van der Waals surface area contributed by atoms with Gasteiger partial charge in [0, 0.05) is 36.2 Å². The Balaban J connectivity index is 1.22. The molecule has 0 spiro atoms. The first-order valence-corrected chi connectivity index (χ1v) is 9.26. The van der Waals surface area contributed by atoms with Gasteiger partial charge in [0.25, 0.3) is 11.5 Å². The number of aromatic amines is 1. The highest BCUT2D eigenvalue weighted by Crippen LogP contribution is 2.40. The van der Waals surface area contributed by atoms with Crippen LogP contribution in [-0.2, 0) is 0 Å². The maximum absolute atomic E-state index is 12.5. The topological polar surface area (TPSA) is 79.8 Å². The van der Waals surface area contributed by atoms with Gasteiger partial charge in [-0.15, -0.1) is 0 Å². The maximum atomic E-state index is 12.5. The molecule has 5 rings (SSSR count). The Kier molecular flexibility index (Phi) is 3.33. The van der Waals surface area contributed by atoms with Crippen LogP contribution < -0.4 is 10.9 Å². The summed E-state index contributed by atoms with van der Waals surface area (Å²) < 4.78 is 2.09.